The van der Waals surface area contributed by atoms with Gasteiger partial charge in [-0.1, -0.05) is 3.71 Å². The Bertz CT molecular complexity index is 348. The minimum absolute atomic E-state index is 0.160. The van der Waals surface area contributed by atoms with Crippen LogP contribution in [0, 0.1) is 0 Å². The van der Waals surface area contributed by atoms with Crippen molar-refractivity contribution in [2.24, 2.45) is 5.73 Å². The van der Waals surface area contributed by atoms with Crippen LogP contribution in [0.5, 0.6) is 0 Å². The third-order valence-corrected chi connectivity index (χ3v) is 4.05. The van der Waals surface area contributed by atoms with E-state index >= 15 is 0 Å². The molecule has 72 valence electrons. The van der Waals surface area contributed by atoms with Gasteiger partial charge in [0.25, 0.3) is 14.2 Å². The highest BCUT2D eigenvalue weighted by Crippen LogP contribution is 2.15. The van der Waals surface area contributed by atoms with Crippen molar-refractivity contribution >= 4 is 34.0 Å². The molecule has 0 heterocycles. The zero-order chi connectivity index (χ0) is 11.1. The molecule has 0 unspecified atom stereocenters. The van der Waals surface area contributed by atoms with Crippen LogP contribution in [0.3, 0.4) is 0 Å². The van der Waals surface area contributed by atoms with Crippen LogP contribution in [0.4, 0.5) is 0 Å². The van der Waals surface area contributed by atoms with Gasteiger partial charge in [-0.05, 0) is 13.8 Å². The summed E-state index contributed by atoms with van der Waals surface area (Å²) >= 11 is 0. The first-order chi connectivity index (χ1) is 5.37. The molecular weight excluding hydrogens is 214 g/mol. The molecule has 0 atom stereocenters. The topological polar surface area (TPSA) is 97.5 Å². The van der Waals surface area contributed by atoms with Gasteiger partial charge in [0.1, 0.15) is 0 Å². The van der Waals surface area contributed by atoms with E-state index in [4.69, 9.17) is 5.73 Å². The number of hydrogen-bond acceptors (Lipinski definition) is 5. The molecule has 0 spiro atoms. The molecule has 2 N–H and O–H groups in total. The Morgan fingerprint density at radius 3 is 1.31 bits per heavy atom. The molecule has 0 rings (SSSR count). The molecule has 0 amide bonds. The molecule has 6 nitrogen and oxygen atoms in total. The third kappa shape index (κ3) is 3.67. The predicted molar refractivity (Wildman–Crippen MR) is 49.5 cm³/mol. The standard InChI is InChI=1S/C3H8B2N2O4S2/c1-3(2,6)7(12(4,8)9)13(5,10)11/h6H2,1-2H3. The Hall–Kier alpha value is -0.0501. The van der Waals surface area contributed by atoms with Crippen molar-refractivity contribution in [1.29, 1.82) is 0 Å². The summed E-state index contributed by atoms with van der Waals surface area (Å²) in [6, 6.07) is 0. The fourth-order valence-corrected chi connectivity index (χ4v) is 3.27. The van der Waals surface area contributed by atoms with Crippen molar-refractivity contribution in [3.05, 3.63) is 0 Å². The number of hydrogen-bond donors (Lipinski definition) is 1. The molecule has 0 aliphatic rings. The molecule has 0 aliphatic heterocycles. The monoisotopic (exact) mass is 222 g/mol. The van der Waals surface area contributed by atoms with Gasteiger partial charge in [0, 0.05) is 0 Å². The average Bonchev–Trinajstić information content (AvgIpc) is 1.44. The summed E-state index contributed by atoms with van der Waals surface area (Å²) in [5.74, 6) is 0. The molecule has 0 fully saturated rings. The summed E-state index contributed by atoms with van der Waals surface area (Å²) in [6.07, 6.45) is 0. The highest BCUT2D eigenvalue weighted by Gasteiger charge is 2.36. The van der Waals surface area contributed by atoms with Crippen LogP contribution in [-0.4, -0.2) is 40.5 Å². The van der Waals surface area contributed by atoms with Crippen molar-refractivity contribution in [2.75, 3.05) is 0 Å². The maximum atomic E-state index is 10.8. The SMILES string of the molecule is [B]S(=O)(=O)N(C(C)(C)N)S([B])(=O)=O. The first-order valence-electron chi connectivity index (χ1n) is 3.02. The van der Waals surface area contributed by atoms with Gasteiger partial charge in [0.15, 0.2) is 19.7 Å². The zero-order valence-electron chi connectivity index (χ0n) is 7.13. The molecule has 0 bridgehead atoms. The predicted octanol–water partition coefficient (Wildman–Crippen LogP) is -2.19. The van der Waals surface area contributed by atoms with E-state index in [2.05, 4.69) is 14.2 Å². The average molecular weight is 222 g/mol. The summed E-state index contributed by atoms with van der Waals surface area (Å²) < 4.78 is 43.0. The van der Waals surface area contributed by atoms with Gasteiger partial charge in [-0.15, -0.1) is 0 Å². The quantitative estimate of drug-likeness (QED) is 0.432. The first kappa shape index (κ1) is 12.9. The molecule has 4 radical (unpaired) electrons. The lowest BCUT2D eigenvalue weighted by molar-refractivity contribution is 0.344. The van der Waals surface area contributed by atoms with E-state index in [9.17, 15) is 16.8 Å². The van der Waals surface area contributed by atoms with Crippen molar-refractivity contribution in [3.8, 4) is 0 Å². The largest absolute Gasteiger partial charge is 0.312 e. The maximum Gasteiger partial charge on any atom is 0.279 e. The van der Waals surface area contributed by atoms with Crippen LogP contribution < -0.4 is 5.73 Å². The van der Waals surface area contributed by atoms with Crippen LogP contribution in [-0.2, 0) is 19.7 Å². The summed E-state index contributed by atoms with van der Waals surface area (Å²) in [5, 5.41) is 0. The van der Waals surface area contributed by atoms with Gasteiger partial charge in [-0.25, -0.2) is 16.8 Å². The lowest BCUT2D eigenvalue weighted by atomic mass is 10.3. The lowest BCUT2D eigenvalue weighted by Crippen LogP contribution is -2.56. The van der Waals surface area contributed by atoms with Crippen LogP contribution >= 0.6 is 0 Å². The number of nitrogens with zero attached hydrogens (tertiary/aromatic N) is 1. The van der Waals surface area contributed by atoms with Crippen molar-refractivity contribution in [1.82, 2.24) is 3.71 Å². The maximum absolute atomic E-state index is 10.8. The second-order valence-corrected chi connectivity index (χ2v) is 5.96. The van der Waals surface area contributed by atoms with Gasteiger partial charge in [-0.2, -0.15) is 0 Å². The smallest absolute Gasteiger partial charge is 0.279 e. The lowest BCUT2D eigenvalue weighted by Gasteiger charge is -2.31. The van der Waals surface area contributed by atoms with E-state index in [0.717, 1.165) is 13.8 Å². The highest BCUT2D eigenvalue weighted by atomic mass is 32.3. The minimum atomic E-state index is -4.48. The Morgan fingerprint density at radius 2 is 1.31 bits per heavy atom. The van der Waals surface area contributed by atoms with Gasteiger partial charge in [-0.3, -0.25) is 0 Å². The van der Waals surface area contributed by atoms with Gasteiger partial charge in [0.05, 0.1) is 5.66 Å². The highest BCUT2D eigenvalue weighted by molar-refractivity contribution is 8.23. The van der Waals surface area contributed by atoms with E-state index in [1.807, 2.05) is 0 Å². The molecule has 13 heavy (non-hydrogen) atoms. The summed E-state index contributed by atoms with van der Waals surface area (Å²) in [5.41, 5.74) is 3.55. The van der Waals surface area contributed by atoms with E-state index in [1.54, 1.807) is 0 Å². The van der Waals surface area contributed by atoms with Gasteiger partial charge < -0.3 is 5.73 Å². The van der Waals surface area contributed by atoms with Crippen LogP contribution in [0.15, 0.2) is 0 Å². The normalized spacial score (nSPS) is 14.8. The Balaban J connectivity index is 5.56. The molecule has 0 aliphatic carbocycles. The van der Waals surface area contributed by atoms with Gasteiger partial charge in [0.2, 0.25) is 0 Å². The van der Waals surface area contributed by atoms with Crippen molar-refractivity contribution in [2.45, 2.75) is 19.5 Å². The van der Waals surface area contributed by atoms with E-state index in [0.29, 0.717) is 0 Å². The molecule has 0 aromatic rings. The Kier molecular flexibility index (Phi) is 3.25. The third-order valence-electron chi connectivity index (χ3n) is 0.933. The summed E-state index contributed by atoms with van der Waals surface area (Å²) in [4.78, 5) is 0. The summed E-state index contributed by atoms with van der Waals surface area (Å²) in [7, 11) is 0.252. The van der Waals surface area contributed by atoms with Crippen LogP contribution in [0.25, 0.3) is 0 Å². The molecule has 0 saturated carbocycles. The van der Waals surface area contributed by atoms with Gasteiger partial charge >= 0.3 is 0 Å². The van der Waals surface area contributed by atoms with E-state index < -0.39 is 25.4 Å². The van der Waals surface area contributed by atoms with Crippen LogP contribution in [0.2, 0.25) is 0 Å². The fraction of sp³-hybridized carbons (Fsp3) is 1.00. The number of rotatable bonds is 3. The second-order valence-electron chi connectivity index (χ2n) is 2.94. The zero-order valence-corrected chi connectivity index (χ0v) is 8.76. The second kappa shape index (κ2) is 3.26. The summed E-state index contributed by atoms with van der Waals surface area (Å²) in [6.45, 7) is 2.28. The molecular formula is C3H8B2N2O4S2. The molecule has 0 saturated heterocycles. The minimum Gasteiger partial charge on any atom is -0.312 e. The van der Waals surface area contributed by atoms with E-state index in [-0.39, 0.29) is 3.71 Å². The fourth-order valence-electron chi connectivity index (χ4n) is 0.801. The molecule has 0 aromatic carbocycles. The Labute approximate surface area is 80.2 Å². The molecule has 0 aromatic heterocycles. The number of nitrogens with two attached hydrogens (primary N) is 1. The van der Waals surface area contributed by atoms with Crippen molar-refractivity contribution < 1.29 is 16.8 Å². The van der Waals surface area contributed by atoms with E-state index in [1.165, 1.54) is 0 Å². The first-order valence-corrected chi connectivity index (χ1v) is 6.02. The van der Waals surface area contributed by atoms with Crippen LogP contribution in [0.1, 0.15) is 13.8 Å². The van der Waals surface area contributed by atoms with Crippen molar-refractivity contribution in [3.63, 3.8) is 0 Å². The Morgan fingerprint density at radius 1 is 1.08 bits per heavy atom. The molecule has 10 heteroatoms.